The number of carbonyl (C=O) groups is 2. The molecule has 2 amide bonds. The summed E-state index contributed by atoms with van der Waals surface area (Å²) in [4.78, 5) is 31.1. The van der Waals surface area contributed by atoms with Gasteiger partial charge in [0.05, 0.1) is 19.8 Å². The third-order valence-electron chi connectivity index (χ3n) is 5.08. The molecule has 0 bridgehead atoms. The number of piperidine rings is 1. The molecule has 0 spiro atoms. The van der Waals surface area contributed by atoms with E-state index in [4.69, 9.17) is 9.84 Å². The number of nitrogens with zero attached hydrogens (tertiary/aromatic N) is 3. The number of anilines is 1. The van der Waals surface area contributed by atoms with Crippen LogP contribution in [0.2, 0.25) is 0 Å². The molecule has 1 saturated heterocycles. The van der Waals surface area contributed by atoms with Crippen molar-refractivity contribution in [1.82, 2.24) is 15.2 Å². The topological polar surface area (TPSA) is 115 Å². The number of aromatic nitrogens is 1. The number of methoxy groups -OCH3 is 1. The highest BCUT2D eigenvalue weighted by Crippen LogP contribution is 2.28. The zero-order chi connectivity index (χ0) is 19.4. The first kappa shape index (κ1) is 19.4. The van der Waals surface area contributed by atoms with E-state index in [1.807, 2.05) is 6.07 Å². The van der Waals surface area contributed by atoms with E-state index < -0.39 is 12.2 Å². The summed E-state index contributed by atoms with van der Waals surface area (Å²) in [6.07, 6.45) is 0.754. The number of rotatable bonds is 6. The van der Waals surface area contributed by atoms with Crippen molar-refractivity contribution in [1.29, 1.82) is 0 Å². The van der Waals surface area contributed by atoms with Crippen molar-refractivity contribution >= 4 is 17.8 Å². The molecular formula is C18H26N4O5. The van der Waals surface area contributed by atoms with Crippen molar-refractivity contribution in [3.63, 3.8) is 0 Å². The highest BCUT2D eigenvalue weighted by atomic mass is 16.5. The van der Waals surface area contributed by atoms with Crippen LogP contribution in [0, 0.1) is 0 Å². The first-order valence-corrected chi connectivity index (χ1v) is 9.20. The Morgan fingerprint density at radius 3 is 2.74 bits per heavy atom. The van der Waals surface area contributed by atoms with Gasteiger partial charge in [-0.15, -0.1) is 0 Å². The maximum Gasteiger partial charge on any atom is 0.404 e. The number of aryl methyl sites for hydroxylation is 1. The largest absolute Gasteiger partial charge is 0.481 e. The Morgan fingerprint density at radius 1 is 1.33 bits per heavy atom. The van der Waals surface area contributed by atoms with E-state index in [2.05, 4.69) is 15.2 Å². The molecule has 3 rings (SSSR count). The molecule has 0 aliphatic carbocycles. The minimum absolute atomic E-state index is 0.0388. The number of ether oxygens (including phenoxy) is 1. The van der Waals surface area contributed by atoms with Gasteiger partial charge in [-0.05, 0) is 30.9 Å². The Morgan fingerprint density at radius 2 is 2.07 bits per heavy atom. The number of nitrogens with one attached hydrogen (secondary N) is 1. The molecule has 3 N–H and O–H groups in total. The fraction of sp³-hybridized carbons (Fsp3) is 0.611. The lowest BCUT2D eigenvalue weighted by Gasteiger charge is -2.35. The Bertz CT molecular complexity index is 690. The van der Waals surface area contributed by atoms with Gasteiger partial charge in [-0.3, -0.25) is 9.69 Å². The second kappa shape index (κ2) is 8.53. The lowest BCUT2D eigenvalue weighted by Crippen LogP contribution is -2.49. The van der Waals surface area contributed by atoms with Gasteiger partial charge in [0, 0.05) is 38.2 Å². The third kappa shape index (κ3) is 4.86. The van der Waals surface area contributed by atoms with Crippen LogP contribution >= 0.6 is 0 Å². The average Bonchev–Trinajstić information content (AvgIpc) is 2.65. The second-order valence-electron chi connectivity index (χ2n) is 7.02. The highest BCUT2D eigenvalue weighted by molar-refractivity contribution is 5.95. The Hall–Kier alpha value is -2.39. The smallest absolute Gasteiger partial charge is 0.404 e. The van der Waals surface area contributed by atoms with Gasteiger partial charge in [0.15, 0.2) is 0 Å². The number of likely N-dealkylation sites (tertiary alicyclic amines) is 1. The van der Waals surface area contributed by atoms with Gasteiger partial charge in [0.2, 0.25) is 11.8 Å². The number of amides is 2. The third-order valence-corrected chi connectivity index (χ3v) is 5.08. The van der Waals surface area contributed by atoms with Crippen LogP contribution in [-0.2, 0) is 11.2 Å². The van der Waals surface area contributed by atoms with Crippen LogP contribution in [0.5, 0.6) is 5.88 Å². The molecule has 0 aromatic carbocycles. The molecule has 1 aromatic rings. The minimum Gasteiger partial charge on any atom is -0.481 e. The van der Waals surface area contributed by atoms with Crippen LogP contribution in [-0.4, -0.2) is 77.5 Å². The van der Waals surface area contributed by atoms with Crippen molar-refractivity contribution in [2.24, 2.45) is 0 Å². The summed E-state index contributed by atoms with van der Waals surface area (Å²) >= 11 is 0. The van der Waals surface area contributed by atoms with Crippen LogP contribution in [0.1, 0.15) is 24.8 Å². The van der Waals surface area contributed by atoms with Gasteiger partial charge >= 0.3 is 6.09 Å². The molecule has 9 heteroatoms. The van der Waals surface area contributed by atoms with E-state index >= 15 is 0 Å². The zero-order valence-electron chi connectivity index (χ0n) is 15.4. The quantitative estimate of drug-likeness (QED) is 0.659. The van der Waals surface area contributed by atoms with Crippen molar-refractivity contribution in [2.75, 3.05) is 38.2 Å². The number of aliphatic hydroxyl groups is 1. The maximum atomic E-state index is 12.4. The van der Waals surface area contributed by atoms with Crippen LogP contribution in [0.15, 0.2) is 12.1 Å². The van der Waals surface area contributed by atoms with Crippen LogP contribution in [0.3, 0.4) is 0 Å². The van der Waals surface area contributed by atoms with E-state index in [1.165, 1.54) is 7.11 Å². The number of β-amino-alcohol motifs (C(OH)–C–C–N with tert-alkyl or cyclic N) is 1. The summed E-state index contributed by atoms with van der Waals surface area (Å²) in [5.74, 6) is 0.955. The Labute approximate surface area is 157 Å². The molecule has 1 atom stereocenters. The van der Waals surface area contributed by atoms with Crippen LogP contribution in [0.4, 0.5) is 10.6 Å². The number of fused-ring (bicyclic) bond motifs is 1. The SMILES string of the molecule is COc1ccc2c(n1)N(C[C@H](O)CN1CCC(NC(=O)O)CC1)C(=O)CC2. The average molecular weight is 378 g/mol. The highest BCUT2D eigenvalue weighted by Gasteiger charge is 2.29. The molecule has 0 radical (unpaired) electrons. The van der Waals surface area contributed by atoms with Crippen molar-refractivity contribution in [2.45, 2.75) is 37.8 Å². The van der Waals surface area contributed by atoms with Gasteiger partial charge in [0.1, 0.15) is 5.82 Å². The molecule has 1 fully saturated rings. The lowest BCUT2D eigenvalue weighted by atomic mass is 10.0. The number of pyridine rings is 1. The van der Waals surface area contributed by atoms with Gasteiger partial charge in [-0.2, -0.15) is 4.98 Å². The molecular weight excluding hydrogens is 352 g/mol. The van der Waals surface area contributed by atoms with E-state index in [1.54, 1.807) is 11.0 Å². The molecule has 0 unspecified atom stereocenters. The fourth-order valence-electron chi connectivity index (χ4n) is 3.69. The molecule has 3 heterocycles. The molecule has 0 saturated carbocycles. The Balaban J connectivity index is 1.57. The van der Waals surface area contributed by atoms with Crippen molar-refractivity contribution in [3.05, 3.63) is 17.7 Å². The summed E-state index contributed by atoms with van der Waals surface area (Å²) in [7, 11) is 1.53. The van der Waals surface area contributed by atoms with Gasteiger partial charge < -0.3 is 25.2 Å². The molecule has 2 aliphatic heterocycles. The molecule has 2 aliphatic rings. The molecule has 27 heavy (non-hydrogen) atoms. The van der Waals surface area contributed by atoms with Crippen molar-refractivity contribution < 1.29 is 24.5 Å². The number of carboxylic acid groups (broad SMARTS) is 1. The summed E-state index contributed by atoms with van der Waals surface area (Å²) < 4.78 is 5.16. The van der Waals surface area contributed by atoms with Crippen LogP contribution in [0.25, 0.3) is 0 Å². The monoisotopic (exact) mass is 378 g/mol. The van der Waals surface area contributed by atoms with Crippen molar-refractivity contribution in [3.8, 4) is 5.88 Å². The number of hydrogen-bond donors (Lipinski definition) is 3. The first-order chi connectivity index (χ1) is 13.0. The Kier molecular flexibility index (Phi) is 6.12. The molecule has 148 valence electrons. The second-order valence-corrected chi connectivity index (χ2v) is 7.02. The van der Waals surface area contributed by atoms with Gasteiger partial charge in [0.25, 0.3) is 0 Å². The normalized spacial score (nSPS) is 19.5. The summed E-state index contributed by atoms with van der Waals surface area (Å²) in [6.45, 7) is 2.03. The molecule has 9 nitrogen and oxygen atoms in total. The van der Waals surface area contributed by atoms with Crippen LogP contribution < -0.4 is 15.0 Å². The zero-order valence-corrected chi connectivity index (χ0v) is 15.4. The van der Waals surface area contributed by atoms with Gasteiger partial charge in [-0.25, -0.2) is 4.79 Å². The minimum atomic E-state index is -1.00. The predicted octanol–water partition coefficient (Wildman–Crippen LogP) is 0.462. The van der Waals surface area contributed by atoms with E-state index in [-0.39, 0.29) is 18.5 Å². The number of aliphatic hydroxyl groups excluding tert-OH is 1. The summed E-state index contributed by atoms with van der Waals surface area (Å²) in [5.41, 5.74) is 0.975. The summed E-state index contributed by atoms with van der Waals surface area (Å²) in [5, 5.41) is 21.8. The lowest BCUT2D eigenvalue weighted by molar-refractivity contribution is -0.119. The molecule has 1 aromatic heterocycles. The van der Waals surface area contributed by atoms with Gasteiger partial charge in [-0.1, -0.05) is 0 Å². The fourth-order valence-corrected chi connectivity index (χ4v) is 3.69. The standard InChI is InChI=1S/C18H26N4O5/c1-27-15-4-2-12-3-5-16(24)22(17(12)20-15)11-14(23)10-21-8-6-13(7-9-21)19-18(25)26/h2,4,13-14,19,23H,3,5-11H2,1H3,(H,25,26)/t14-/m1/s1. The van der Waals surface area contributed by atoms with E-state index in [9.17, 15) is 14.7 Å². The van der Waals surface area contributed by atoms with E-state index in [0.717, 1.165) is 5.56 Å². The predicted molar refractivity (Wildman–Crippen MR) is 98.1 cm³/mol. The maximum absolute atomic E-state index is 12.4. The first-order valence-electron chi connectivity index (χ1n) is 9.20. The summed E-state index contributed by atoms with van der Waals surface area (Å²) in [6, 6.07) is 3.65. The number of carbonyl (C=O) groups excluding carboxylic acids is 1. The number of hydrogen-bond acceptors (Lipinski definition) is 6. The van der Waals surface area contributed by atoms with E-state index in [0.29, 0.717) is 57.0 Å².